The van der Waals surface area contributed by atoms with Gasteiger partial charge in [0, 0.05) is 22.5 Å². The monoisotopic (exact) mass is 495 g/mol. The van der Waals surface area contributed by atoms with Gasteiger partial charge in [0.1, 0.15) is 0 Å². The Kier molecular flexibility index (Phi) is 6.77. The van der Waals surface area contributed by atoms with Gasteiger partial charge in [-0.2, -0.15) is 0 Å². The first-order chi connectivity index (χ1) is 18.8. The molecule has 190 valence electrons. The van der Waals surface area contributed by atoms with Crippen LogP contribution in [0, 0.1) is 0 Å². The molecular formula is C37H37N. The highest BCUT2D eigenvalue weighted by Gasteiger charge is 2.43. The summed E-state index contributed by atoms with van der Waals surface area (Å²) in [6, 6.07) is 42.6. The summed E-state index contributed by atoms with van der Waals surface area (Å²) in [6.07, 6.45) is 7.27. The average Bonchev–Trinajstić information content (AvgIpc) is 3.26. The minimum atomic E-state index is 0.0343. The molecule has 0 spiro atoms. The summed E-state index contributed by atoms with van der Waals surface area (Å²) in [5.41, 5.74) is 9.57. The number of para-hydroxylation sites is 2. The van der Waals surface area contributed by atoms with Crippen molar-refractivity contribution in [1.82, 2.24) is 0 Å². The lowest BCUT2D eigenvalue weighted by Gasteiger charge is -2.34. The van der Waals surface area contributed by atoms with E-state index < -0.39 is 0 Å². The van der Waals surface area contributed by atoms with Crippen LogP contribution < -0.4 is 4.90 Å². The van der Waals surface area contributed by atoms with Crippen LogP contribution in [0.1, 0.15) is 63.5 Å². The normalized spacial score (nSPS) is 13.3. The summed E-state index contributed by atoms with van der Waals surface area (Å²) >= 11 is 0. The van der Waals surface area contributed by atoms with Crippen LogP contribution >= 0.6 is 0 Å². The molecule has 0 radical (unpaired) electrons. The van der Waals surface area contributed by atoms with Crippen molar-refractivity contribution in [3.8, 4) is 11.1 Å². The fourth-order valence-corrected chi connectivity index (χ4v) is 6.65. The first-order valence-corrected chi connectivity index (χ1v) is 14.3. The van der Waals surface area contributed by atoms with Gasteiger partial charge in [0.05, 0.1) is 0 Å². The molecule has 0 aliphatic heterocycles. The molecule has 0 N–H and O–H groups in total. The zero-order valence-electron chi connectivity index (χ0n) is 22.7. The second-order valence-electron chi connectivity index (χ2n) is 10.7. The third kappa shape index (κ3) is 4.11. The Hall–Kier alpha value is -3.84. The van der Waals surface area contributed by atoms with E-state index in [1.165, 1.54) is 83.0 Å². The second kappa shape index (κ2) is 10.5. The molecule has 0 saturated heterocycles. The summed E-state index contributed by atoms with van der Waals surface area (Å²) in [5, 5.41) is 2.78. The van der Waals surface area contributed by atoms with Gasteiger partial charge in [-0.1, -0.05) is 118 Å². The van der Waals surface area contributed by atoms with Crippen molar-refractivity contribution in [2.75, 3.05) is 4.90 Å². The molecule has 0 saturated carbocycles. The Balaban J connectivity index is 1.61. The lowest BCUT2D eigenvalue weighted by atomic mass is 9.69. The van der Waals surface area contributed by atoms with Crippen LogP contribution in [0.15, 0.2) is 115 Å². The van der Waals surface area contributed by atoms with Gasteiger partial charge in [0.15, 0.2) is 0 Å². The molecule has 0 heterocycles. The lowest BCUT2D eigenvalue weighted by Crippen LogP contribution is -2.26. The molecule has 0 bridgehead atoms. The standard InChI is InChI=1S/C37H37N/c1-3-5-25-37(26-6-4-2)35-27-31(38(29-16-9-7-10-17-29)30-18-11-8-12-19-30)22-24-33(35)34-23-21-28-15-13-14-20-32(28)36(34)37/h7-24,27H,3-6,25-26H2,1-2H3. The van der Waals surface area contributed by atoms with E-state index in [2.05, 4.69) is 134 Å². The number of rotatable bonds is 9. The van der Waals surface area contributed by atoms with Crippen LogP contribution in [-0.2, 0) is 5.41 Å². The number of hydrogen-bond acceptors (Lipinski definition) is 1. The molecule has 1 heteroatoms. The van der Waals surface area contributed by atoms with E-state index in [-0.39, 0.29) is 5.41 Å². The number of unbranched alkanes of at least 4 members (excludes halogenated alkanes) is 2. The fraction of sp³-hybridized carbons (Fsp3) is 0.243. The molecule has 0 fully saturated rings. The molecule has 1 aliphatic carbocycles. The molecule has 6 rings (SSSR count). The van der Waals surface area contributed by atoms with Gasteiger partial charge in [-0.3, -0.25) is 0 Å². The Morgan fingerprint density at radius 2 is 1.13 bits per heavy atom. The van der Waals surface area contributed by atoms with Crippen LogP contribution in [0.4, 0.5) is 17.1 Å². The topological polar surface area (TPSA) is 3.24 Å². The highest BCUT2D eigenvalue weighted by atomic mass is 15.1. The summed E-state index contributed by atoms with van der Waals surface area (Å²) in [7, 11) is 0. The van der Waals surface area contributed by atoms with E-state index in [1.807, 2.05) is 0 Å². The van der Waals surface area contributed by atoms with Crippen LogP contribution in [0.2, 0.25) is 0 Å². The maximum absolute atomic E-state index is 2.52. The Morgan fingerprint density at radius 1 is 0.553 bits per heavy atom. The first kappa shape index (κ1) is 24.5. The van der Waals surface area contributed by atoms with Crippen LogP contribution in [-0.4, -0.2) is 0 Å². The van der Waals surface area contributed by atoms with Gasteiger partial charge in [-0.15, -0.1) is 0 Å². The molecule has 0 unspecified atom stereocenters. The molecule has 0 aromatic heterocycles. The SMILES string of the molecule is CCCCC1(CCCC)c2cc(N(c3ccccc3)c3ccccc3)ccc2-c2ccc3ccccc3c21. The Bertz CT molecular complexity index is 1490. The molecule has 5 aromatic rings. The first-order valence-electron chi connectivity index (χ1n) is 14.3. The smallest absolute Gasteiger partial charge is 0.0465 e. The zero-order chi connectivity index (χ0) is 26.0. The van der Waals surface area contributed by atoms with Gasteiger partial charge in [-0.25, -0.2) is 0 Å². The van der Waals surface area contributed by atoms with E-state index in [0.29, 0.717) is 0 Å². The predicted molar refractivity (Wildman–Crippen MR) is 164 cm³/mol. The molecular weight excluding hydrogens is 458 g/mol. The largest absolute Gasteiger partial charge is 0.310 e. The van der Waals surface area contributed by atoms with Crippen molar-refractivity contribution in [2.24, 2.45) is 0 Å². The zero-order valence-corrected chi connectivity index (χ0v) is 22.7. The predicted octanol–water partition coefficient (Wildman–Crippen LogP) is 11.0. The molecule has 0 amide bonds. The summed E-state index contributed by atoms with van der Waals surface area (Å²) in [5.74, 6) is 0. The maximum atomic E-state index is 2.52. The average molecular weight is 496 g/mol. The second-order valence-corrected chi connectivity index (χ2v) is 10.7. The molecule has 5 aromatic carbocycles. The summed E-state index contributed by atoms with van der Waals surface area (Å²) in [4.78, 5) is 2.41. The van der Waals surface area contributed by atoms with Gasteiger partial charge >= 0.3 is 0 Å². The molecule has 1 aliphatic rings. The van der Waals surface area contributed by atoms with Crippen molar-refractivity contribution in [3.63, 3.8) is 0 Å². The minimum absolute atomic E-state index is 0.0343. The maximum Gasteiger partial charge on any atom is 0.0465 e. The minimum Gasteiger partial charge on any atom is -0.310 e. The van der Waals surface area contributed by atoms with Crippen molar-refractivity contribution in [1.29, 1.82) is 0 Å². The fourth-order valence-electron chi connectivity index (χ4n) is 6.65. The Labute approximate surface area is 227 Å². The number of fused-ring (bicyclic) bond motifs is 5. The van der Waals surface area contributed by atoms with Crippen LogP contribution in [0.5, 0.6) is 0 Å². The molecule has 1 nitrogen and oxygen atoms in total. The van der Waals surface area contributed by atoms with Gasteiger partial charge in [0.2, 0.25) is 0 Å². The van der Waals surface area contributed by atoms with E-state index in [1.54, 1.807) is 5.56 Å². The van der Waals surface area contributed by atoms with E-state index in [9.17, 15) is 0 Å². The third-order valence-electron chi connectivity index (χ3n) is 8.42. The van der Waals surface area contributed by atoms with Crippen LogP contribution in [0.3, 0.4) is 0 Å². The number of nitrogens with zero attached hydrogens (tertiary/aromatic N) is 1. The molecule has 0 atom stereocenters. The Morgan fingerprint density at radius 3 is 1.76 bits per heavy atom. The summed E-state index contributed by atoms with van der Waals surface area (Å²) in [6.45, 7) is 4.66. The van der Waals surface area contributed by atoms with Crippen molar-refractivity contribution in [3.05, 3.63) is 126 Å². The third-order valence-corrected chi connectivity index (χ3v) is 8.42. The number of benzene rings is 5. The highest BCUT2D eigenvalue weighted by Crippen LogP contribution is 2.57. The van der Waals surface area contributed by atoms with Crippen molar-refractivity contribution in [2.45, 2.75) is 57.8 Å². The van der Waals surface area contributed by atoms with Crippen molar-refractivity contribution >= 4 is 27.8 Å². The van der Waals surface area contributed by atoms with E-state index >= 15 is 0 Å². The molecule has 38 heavy (non-hydrogen) atoms. The van der Waals surface area contributed by atoms with Gasteiger partial charge < -0.3 is 4.90 Å². The lowest BCUT2D eigenvalue weighted by molar-refractivity contribution is 0.417. The van der Waals surface area contributed by atoms with E-state index in [0.717, 1.165) is 0 Å². The summed E-state index contributed by atoms with van der Waals surface area (Å²) < 4.78 is 0. The quantitative estimate of drug-likeness (QED) is 0.196. The van der Waals surface area contributed by atoms with Crippen LogP contribution in [0.25, 0.3) is 21.9 Å². The number of hydrogen-bond donors (Lipinski definition) is 0. The van der Waals surface area contributed by atoms with Crippen molar-refractivity contribution < 1.29 is 0 Å². The van der Waals surface area contributed by atoms with Gasteiger partial charge in [-0.05, 0) is 82.3 Å². The number of anilines is 3. The highest BCUT2D eigenvalue weighted by molar-refractivity contribution is 5.98. The van der Waals surface area contributed by atoms with E-state index in [4.69, 9.17) is 0 Å². The van der Waals surface area contributed by atoms with Gasteiger partial charge in [0.25, 0.3) is 0 Å².